The quantitative estimate of drug-likeness (QED) is 0.740. The Morgan fingerprint density at radius 3 is 2.26 bits per heavy atom. The number of ether oxygens (including phenoxy) is 1. The molecule has 4 nitrogen and oxygen atoms in total. The van der Waals surface area contributed by atoms with Crippen LogP contribution in [0.2, 0.25) is 0 Å². The van der Waals surface area contributed by atoms with E-state index in [2.05, 4.69) is 36.4 Å². The van der Waals surface area contributed by atoms with Gasteiger partial charge >= 0.3 is 6.09 Å². The van der Waals surface area contributed by atoms with Crippen LogP contribution in [0.1, 0.15) is 39.2 Å². The lowest BCUT2D eigenvalue weighted by molar-refractivity contribution is -0.126. The van der Waals surface area contributed by atoms with E-state index in [4.69, 9.17) is 4.74 Å². The van der Waals surface area contributed by atoms with Crippen molar-refractivity contribution in [3.05, 3.63) is 71.9 Å². The number of hydrogen-bond donors (Lipinski definition) is 0. The molecule has 1 saturated heterocycles. The largest absolute Gasteiger partial charge is 0.443 e. The fourth-order valence-electron chi connectivity index (χ4n) is 3.04. The van der Waals surface area contributed by atoms with E-state index in [-0.39, 0.29) is 5.91 Å². The van der Waals surface area contributed by atoms with Crippen LogP contribution < -0.4 is 0 Å². The van der Waals surface area contributed by atoms with E-state index in [1.54, 1.807) is 20.8 Å². The molecule has 1 aliphatic heterocycles. The van der Waals surface area contributed by atoms with Crippen molar-refractivity contribution in [3.8, 4) is 11.1 Å². The highest BCUT2D eigenvalue weighted by atomic mass is 16.6. The topological polar surface area (TPSA) is 46.6 Å². The Bertz CT molecular complexity index is 845. The third-order valence-electron chi connectivity index (χ3n) is 4.34. The van der Waals surface area contributed by atoms with Gasteiger partial charge < -0.3 is 4.74 Å². The maximum absolute atomic E-state index is 12.3. The third kappa shape index (κ3) is 4.85. The molecule has 4 heteroatoms. The normalized spacial score (nSPS) is 16.0. The second kappa shape index (κ2) is 7.78. The molecule has 0 spiro atoms. The SMILES string of the molecule is CC(C)(C)OC(=O)N1C(=O)CC/C1=C\Cc1ccc(-c2ccccc2)cc1. The third-order valence-corrected chi connectivity index (χ3v) is 4.34. The highest BCUT2D eigenvalue weighted by molar-refractivity contribution is 5.96. The Morgan fingerprint density at radius 1 is 1.00 bits per heavy atom. The lowest BCUT2D eigenvalue weighted by Gasteiger charge is -2.24. The molecule has 2 amide bonds. The van der Waals surface area contributed by atoms with Gasteiger partial charge in [0.05, 0.1) is 0 Å². The van der Waals surface area contributed by atoms with Crippen LogP contribution in [0.3, 0.4) is 0 Å². The maximum Gasteiger partial charge on any atom is 0.421 e. The highest BCUT2D eigenvalue weighted by Crippen LogP contribution is 2.26. The van der Waals surface area contributed by atoms with Gasteiger partial charge in [-0.05, 0) is 50.3 Å². The van der Waals surface area contributed by atoms with Crippen LogP contribution in [0.4, 0.5) is 4.79 Å². The lowest BCUT2D eigenvalue weighted by Crippen LogP contribution is -2.36. The fourth-order valence-corrected chi connectivity index (χ4v) is 3.04. The minimum Gasteiger partial charge on any atom is -0.443 e. The van der Waals surface area contributed by atoms with Crippen LogP contribution in [0.15, 0.2) is 66.4 Å². The molecule has 2 aromatic rings. The number of benzene rings is 2. The predicted molar refractivity (Wildman–Crippen MR) is 106 cm³/mol. The first kappa shape index (κ1) is 18.9. The van der Waals surface area contributed by atoms with Crippen molar-refractivity contribution in [2.75, 3.05) is 0 Å². The van der Waals surface area contributed by atoms with E-state index in [0.29, 0.717) is 19.3 Å². The van der Waals surface area contributed by atoms with E-state index in [9.17, 15) is 9.59 Å². The van der Waals surface area contributed by atoms with Gasteiger partial charge in [0.25, 0.3) is 0 Å². The lowest BCUT2D eigenvalue weighted by atomic mass is 10.0. The summed E-state index contributed by atoms with van der Waals surface area (Å²) in [7, 11) is 0. The summed E-state index contributed by atoms with van der Waals surface area (Å²) in [6.07, 6.45) is 2.94. The average molecular weight is 363 g/mol. The monoisotopic (exact) mass is 363 g/mol. The molecule has 1 heterocycles. The molecule has 0 unspecified atom stereocenters. The Hall–Kier alpha value is -2.88. The van der Waals surface area contributed by atoms with Gasteiger partial charge in [-0.3, -0.25) is 4.79 Å². The molecule has 0 aromatic heterocycles. The summed E-state index contributed by atoms with van der Waals surface area (Å²) in [6, 6.07) is 18.6. The molecule has 2 aromatic carbocycles. The molecule has 3 rings (SSSR count). The predicted octanol–water partition coefficient (Wildman–Crippen LogP) is 5.34. The number of rotatable bonds is 3. The van der Waals surface area contributed by atoms with Crippen molar-refractivity contribution in [1.82, 2.24) is 4.90 Å². The number of allylic oxidation sites excluding steroid dienone is 2. The molecule has 0 bridgehead atoms. The van der Waals surface area contributed by atoms with Gasteiger partial charge in [0.15, 0.2) is 0 Å². The van der Waals surface area contributed by atoms with E-state index in [1.807, 2.05) is 24.3 Å². The molecule has 0 atom stereocenters. The van der Waals surface area contributed by atoms with Crippen molar-refractivity contribution in [2.45, 2.75) is 45.6 Å². The van der Waals surface area contributed by atoms with Crippen molar-refractivity contribution >= 4 is 12.0 Å². The van der Waals surface area contributed by atoms with Gasteiger partial charge in [0.1, 0.15) is 5.60 Å². The van der Waals surface area contributed by atoms with Gasteiger partial charge in [-0.25, -0.2) is 9.69 Å². The minimum atomic E-state index is -0.627. The van der Waals surface area contributed by atoms with E-state index in [1.165, 1.54) is 16.0 Å². The number of likely N-dealkylation sites (tertiary alicyclic amines) is 1. The molecular formula is C23H25NO3. The molecule has 0 radical (unpaired) electrons. The number of nitrogens with zero attached hydrogens (tertiary/aromatic N) is 1. The van der Waals surface area contributed by atoms with Gasteiger partial charge in [-0.15, -0.1) is 0 Å². The number of carbonyl (C=O) groups excluding carboxylic acids is 2. The van der Waals surface area contributed by atoms with Crippen LogP contribution in [0.25, 0.3) is 11.1 Å². The summed E-state index contributed by atoms with van der Waals surface area (Å²) in [6.45, 7) is 5.38. The zero-order valence-corrected chi connectivity index (χ0v) is 16.1. The van der Waals surface area contributed by atoms with Crippen LogP contribution in [-0.2, 0) is 16.0 Å². The number of imide groups is 1. The standard InChI is InChI=1S/C23H25NO3/c1-23(2,3)27-22(26)24-20(15-16-21(24)25)14-11-17-9-12-19(13-10-17)18-7-5-4-6-8-18/h4-10,12-14H,11,15-16H2,1-3H3/b20-14+. The van der Waals surface area contributed by atoms with Crippen LogP contribution >= 0.6 is 0 Å². The molecule has 140 valence electrons. The van der Waals surface area contributed by atoms with Crippen LogP contribution in [0.5, 0.6) is 0 Å². The summed E-state index contributed by atoms with van der Waals surface area (Å²) in [4.78, 5) is 25.6. The van der Waals surface area contributed by atoms with Gasteiger partial charge in [0.2, 0.25) is 5.91 Å². The van der Waals surface area contributed by atoms with E-state index in [0.717, 1.165) is 11.3 Å². The maximum atomic E-state index is 12.3. The molecule has 0 N–H and O–H groups in total. The molecular weight excluding hydrogens is 338 g/mol. The van der Waals surface area contributed by atoms with E-state index < -0.39 is 11.7 Å². The average Bonchev–Trinajstić information content (AvgIpc) is 3.00. The van der Waals surface area contributed by atoms with Crippen molar-refractivity contribution in [1.29, 1.82) is 0 Å². The van der Waals surface area contributed by atoms with Gasteiger partial charge in [0, 0.05) is 12.1 Å². The molecule has 1 fully saturated rings. The van der Waals surface area contributed by atoms with Crippen molar-refractivity contribution < 1.29 is 14.3 Å². The molecule has 1 aliphatic rings. The Morgan fingerprint density at radius 2 is 1.63 bits per heavy atom. The summed E-state index contributed by atoms with van der Waals surface area (Å²) < 4.78 is 5.36. The summed E-state index contributed by atoms with van der Waals surface area (Å²) in [5.41, 5.74) is 3.57. The van der Waals surface area contributed by atoms with E-state index >= 15 is 0 Å². The smallest absolute Gasteiger partial charge is 0.421 e. The number of amides is 2. The Balaban J connectivity index is 1.71. The molecule has 27 heavy (non-hydrogen) atoms. The number of hydrogen-bond acceptors (Lipinski definition) is 3. The van der Waals surface area contributed by atoms with Crippen molar-refractivity contribution in [3.63, 3.8) is 0 Å². The Labute approximate surface area is 160 Å². The van der Waals surface area contributed by atoms with Crippen LogP contribution in [0, 0.1) is 0 Å². The minimum absolute atomic E-state index is 0.199. The highest BCUT2D eigenvalue weighted by Gasteiger charge is 2.34. The number of carbonyl (C=O) groups is 2. The summed E-state index contributed by atoms with van der Waals surface area (Å²) in [5, 5.41) is 0. The molecule has 0 saturated carbocycles. The Kier molecular flexibility index (Phi) is 5.45. The summed E-state index contributed by atoms with van der Waals surface area (Å²) in [5.74, 6) is -0.199. The first-order valence-corrected chi connectivity index (χ1v) is 9.23. The van der Waals surface area contributed by atoms with Gasteiger partial charge in [-0.1, -0.05) is 60.7 Å². The molecule has 0 aliphatic carbocycles. The first-order valence-electron chi connectivity index (χ1n) is 9.23. The van der Waals surface area contributed by atoms with Crippen molar-refractivity contribution in [2.24, 2.45) is 0 Å². The zero-order chi connectivity index (χ0) is 19.4. The zero-order valence-electron chi connectivity index (χ0n) is 16.1. The summed E-state index contributed by atoms with van der Waals surface area (Å²) >= 11 is 0. The fraction of sp³-hybridized carbons (Fsp3) is 0.304. The second-order valence-corrected chi connectivity index (χ2v) is 7.67. The first-order chi connectivity index (χ1) is 12.8. The second-order valence-electron chi connectivity index (χ2n) is 7.67. The van der Waals surface area contributed by atoms with Crippen LogP contribution in [-0.4, -0.2) is 22.5 Å². The van der Waals surface area contributed by atoms with Gasteiger partial charge in [-0.2, -0.15) is 0 Å².